The fourth-order valence-corrected chi connectivity index (χ4v) is 3.07. The summed E-state index contributed by atoms with van der Waals surface area (Å²) in [7, 11) is 0. The van der Waals surface area contributed by atoms with Gasteiger partial charge in [-0.05, 0) is 30.3 Å². The van der Waals surface area contributed by atoms with Crippen LogP contribution < -0.4 is 15.5 Å². The van der Waals surface area contributed by atoms with Crippen LogP contribution in [-0.2, 0) is 4.79 Å². The third-order valence-electron chi connectivity index (χ3n) is 4.37. The highest BCUT2D eigenvalue weighted by molar-refractivity contribution is 5.92. The second-order valence-corrected chi connectivity index (χ2v) is 6.30. The van der Waals surface area contributed by atoms with Crippen molar-refractivity contribution in [3.63, 3.8) is 0 Å². The molecular weight excluding hydrogens is 342 g/mol. The highest BCUT2D eigenvalue weighted by Crippen LogP contribution is 2.21. The monoisotopic (exact) mass is 363 g/mol. The van der Waals surface area contributed by atoms with E-state index in [9.17, 15) is 14.9 Å². The molecular formula is C20H21N5O2. The van der Waals surface area contributed by atoms with Crippen LogP contribution in [0, 0.1) is 11.3 Å². The van der Waals surface area contributed by atoms with Crippen molar-refractivity contribution in [3.05, 3.63) is 54.1 Å². The Labute approximate surface area is 158 Å². The van der Waals surface area contributed by atoms with Gasteiger partial charge in [-0.25, -0.2) is 4.79 Å². The quantitative estimate of drug-likeness (QED) is 0.878. The number of carbonyl (C=O) groups excluding carboxylic acids is 2. The van der Waals surface area contributed by atoms with Crippen LogP contribution in [0.25, 0.3) is 0 Å². The van der Waals surface area contributed by atoms with Gasteiger partial charge >= 0.3 is 6.03 Å². The van der Waals surface area contributed by atoms with E-state index in [4.69, 9.17) is 0 Å². The van der Waals surface area contributed by atoms with E-state index in [0.29, 0.717) is 43.1 Å². The van der Waals surface area contributed by atoms with Crippen molar-refractivity contribution in [2.45, 2.75) is 6.92 Å². The van der Waals surface area contributed by atoms with E-state index in [-0.39, 0.29) is 11.9 Å². The van der Waals surface area contributed by atoms with Gasteiger partial charge in [-0.3, -0.25) is 4.79 Å². The minimum atomic E-state index is -0.178. The molecule has 1 aliphatic rings. The maximum absolute atomic E-state index is 12.5. The number of hydrogen-bond acceptors (Lipinski definition) is 4. The van der Waals surface area contributed by atoms with Crippen molar-refractivity contribution < 1.29 is 9.59 Å². The molecule has 7 nitrogen and oxygen atoms in total. The number of para-hydroxylation sites is 1. The molecule has 2 aromatic carbocycles. The van der Waals surface area contributed by atoms with E-state index in [1.807, 2.05) is 18.2 Å². The maximum Gasteiger partial charge on any atom is 0.321 e. The lowest BCUT2D eigenvalue weighted by Gasteiger charge is -2.36. The van der Waals surface area contributed by atoms with Crippen LogP contribution in [0.5, 0.6) is 0 Å². The average molecular weight is 363 g/mol. The summed E-state index contributed by atoms with van der Waals surface area (Å²) in [6, 6.07) is 16.6. The molecule has 1 aliphatic heterocycles. The van der Waals surface area contributed by atoms with Crippen molar-refractivity contribution in [2.75, 3.05) is 41.7 Å². The third kappa shape index (κ3) is 4.55. The molecule has 1 fully saturated rings. The highest BCUT2D eigenvalue weighted by atomic mass is 16.2. The number of nitrogens with one attached hydrogen (secondary N) is 2. The van der Waals surface area contributed by atoms with E-state index in [0.717, 1.165) is 5.69 Å². The van der Waals surface area contributed by atoms with Crippen LogP contribution in [0.3, 0.4) is 0 Å². The third-order valence-corrected chi connectivity index (χ3v) is 4.37. The number of amides is 3. The van der Waals surface area contributed by atoms with Gasteiger partial charge in [0, 0.05) is 44.5 Å². The predicted octanol–water partition coefficient (Wildman–Crippen LogP) is 2.87. The van der Waals surface area contributed by atoms with Gasteiger partial charge in [0.2, 0.25) is 5.91 Å². The van der Waals surface area contributed by atoms with Crippen molar-refractivity contribution in [2.24, 2.45) is 0 Å². The first-order valence-corrected chi connectivity index (χ1v) is 8.74. The van der Waals surface area contributed by atoms with Gasteiger partial charge < -0.3 is 20.4 Å². The molecule has 7 heteroatoms. The van der Waals surface area contributed by atoms with Gasteiger partial charge in [-0.2, -0.15) is 5.26 Å². The number of nitrogens with zero attached hydrogens (tertiary/aromatic N) is 3. The second kappa shape index (κ2) is 8.23. The number of nitriles is 1. The highest BCUT2D eigenvalue weighted by Gasteiger charge is 2.22. The maximum atomic E-state index is 12.5. The normalized spacial score (nSPS) is 13.6. The molecule has 1 saturated heterocycles. The summed E-state index contributed by atoms with van der Waals surface area (Å²) >= 11 is 0. The topological polar surface area (TPSA) is 88.5 Å². The molecule has 0 radical (unpaired) electrons. The minimum absolute atomic E-state index is 0.160. The first kappa shape index (κ1) is 18.3. The van der Waals surface area contributed by atoms with E-state index >= 15 is 0 Å². The number of carbonyl (C=O) groups is 2. The number of urea groups is 1. The molecule has 0 unspecified atom stereocenters. The van der Waals surface area contributed by atoms with Crippen molar-refractivity contribution >= 4 is 29.0 Å². The number of hydrogen-bond donors (Lipinski definition) is 2. The zero-order valence-electron chi connectivity index (χ0n) is 15.1. The SMILES string of the molecule is CC(=O)Nc1cccc(NC(=O)N2CCN(c3ccccc3C#N)CC2)c1. The van der Waals surface area contributed by atoms with Gasteiger partial charge in [-0.15, -0.1) is 0 Å². The van der Waals surface area contributed by atoms with Crippen LogP contribution >= 0.6 is 0 Å². The van der Waals surface area contributed by atoms with E-state index in [2.05, 4.69) is 21.6 Å². The average Bonchev–Trinajstić information content (AvgIpc) is 2.68. The van der Waals surface area contributed by atoms with Crippen LogP contribution in [-0.4, -0.2) is 43.0 Å². The van der Waals surface area contributed by atoms with E-state index < -0.39 is 0 Å². The molecule has 0 aliphatic carbocycles. The van der Waals surface area contributed by atoms with Crippen LogP contribution in [0.2, 0.25) is 0 Å². The lowest BCUT2D eigenvalue weighted by Crippen LogP contribution is -2.50. The first-order chi connectivity index (χ1) is 13.1. The molecule has 27 heavy (non-hydrogen) atoms. The van der Waals surface area contributed by atoms with E-state index in [1.165, 1.54) is 6.92 Å². The molecule has 3 rings (SSSR count). The Hall–Kier alpha value is -3.53. The lowest BCUT2D eigenvalue weighted by molar-refractivity contribution is -0.114. The Morgan fingerprint density at radius 1 is 0.963 bits per heavy atom. The zero-order valence-corrected chi connectivity index (χ0v) is 15.1. The molecule has 3 amide bonds. The Bertz CT molecular complexity index is 882. The molecule has 0 aromatic heterocycles. The largest absolute Gasteiger partial charge is 0.367 e. The van der Waals surface area contributed by atoms with Crippen molar-refractivity contribution in [1.29, 1.82) is 5.26 Å². The summed E-state index contributed by atoms with van der Waals surface area (Å²) in [6.07, 6.45) is 0. The van der Waals surface area contributed by atoms with E-state index in [1.54, 1.807) is 35.2 Å². The fraction of sp³-hybridized carbons (Fsp3) is 0.250. The Kier molecular flexibility index (Phi) is 5.57. The summed E-state index contributed by atoms with van der Waals surface area (Å²) in [6.45, 7) is 3.90. The van der Waals surface area contributed by atoms with Crippen LogP contribution in [0.15, 0.2) is 48.5 Å². The Morgan fingerprint density at radius 2 is 1.63 bits per heavy atom. The smallest absolute Gasteiger partial charge is 0.321 e. The number of anilines is 3. The van der Waals surface area contributed by atoms with Gasteiger partial charge in [-0.1, -0.05) is 18.2 Å². The summed E-state index contributed by atoms with van der Waals surface area (Å²) in [5.74, 6) is -0.160. The molecule has 0 bridgehead atoms. The molecule has 2 N–H and O–H groups in total. The minimum Gasteiger partial charge on any atom is -0.367 e. The fourth-order valence-electron chi connectivity index (χ4n) is 3.07. The predicted molar refractivity (Wildman–Crippen MR) is 105 cm³/mol. The summed E-state index contributed by atoms with van der Waals surface area (Å²) < 4.78 is 0. The van der Waals surface area contributed by atoms with Gasteiger partial charge in [0.05, 0.1) is 11.3 Å². The van der Waals surface area contributed by atoms with Gasteiger partial charge in [0.25, 0.3) is 0 Å². The Morgan fingerprint density at radius 3 is 2.30 bits per heavy atom. The Balaban J connectivity index is 1.59. The zero-order chi connectivity index (χ0) is 19.2. The molecule has 138 valence electrons. The molecule has 0 spiro atoms. The van der Waals surface area contributed by atoms with Crippen molar-refractivity contribution in [3.8, 4) is 6.07 Å². The molecule has 1 heterocycles. The lowest BCUT2D eigenvalue weighted by atomic mass is 10.1. The summed E-state index contributed by atoms with van der Waals surface area (Å²) in [5.41, 5.74) is 2.81. The molecule has 0 atom stereocenters. The number of benzene rings is 2. The van der Waals surface area contributed by atoms with Crippen molar-refractivity contribution in [1.82, 2.24) is 4.90 Å². The second-order valence-electron chi connectivity index (χ2n) is 6.30. The number of piperazine rings is 1. The first-order valence-electron chi connectivity index (χ1n) is 8.74. The number of rotatable bonds is 3. The van der Waals surface area contributed by atoms with Crippen LogP contribution in [0.1, 0.15) is 12.5 Å². The standard InChI is InChI=1S/C20H21N5O2/c1-15(26)22-17-6-4-7-18(13-17)23-20(27)25-11-9-24(10-12-25)19-8-3-2-5-16(19)14-21/h2-8,13H,9-12H2,1H3,(H,22,26)(H,23,27). The van der Waals surface area contributed by atoms with Gasteiger partial charge in [0.15, 0.2) is 0 Å². The molecule has 2 aromatic rings. The van der Waals surface area contributed by atoms with Crippen LogP contribution in [0.4, 0.5) is 21.9 Å². The summed E-state index contributed by atoms with van der Waals surface area (Å²) in [5, 5.41) is 14.8. The van der Waals surface area contributed by atoms with Gasteiger partial charge in [0.1, 0.15) is 6.07 Å². The molecule has 0 saturated carbocycles. The summed E-state index contributed by atoms with van der Waals surface area (Å²) in [4.78, 5) is 27.6.